The molecule has 1 saturated heterocycles. The number of para-hydroxylation sites is 1. The van der Waals surface area contributed by atoms with Gasteiger partial charge >= 0.3 is 0 Å². The number of aromatic hydroxyl groups is 1. The molecule has 1 aliphatic heterocycles. The van der Waals surface area contributed by atoms with E-state index in [1.54, 1.807) is 24.3 Å². The summed E-state index contributed by atoms with van der Waals surface area (Å²) in [5.74, 6) is -0.0309. The third-order valence-corrected chi connectivity index (χ3v) is 4.89. The molecule has 1 fully saturated rings. The molecular weight excluding hydrogens is 334 g/mol. The monoisotopic (exact) mass is 349 g/mol. The van der Waals surface area contributed by atoms with E-state index in [9.17, 15) is 9.90 Å². The summed E-state index contributed by atoms with van der Waals surface area (Å²) in [6, 6.07) is 16.8. The van der Waals surface area contributed by atoms with Gasteiger partial charge in [0.2, 0.25) is 0 Å². The Morgan fingerprint density at radius 1 is 1.16 bits per heavy atom. The Bertz CT molecular complexity index is 1050. The van der Waals surface area contributed by atoms with Gasteiger partial charge in [-0.25, -0.2) is 4.99 Å². The minimum absolute atomic E-state index is 0.141. The molecule has 1 amide bonds. The van der Waals surface area contributed by atoms with Crippen LogP contribution in [0, 0.1) is 0 Å². The van der Waals surface area contributed by atoms with Crippen LogP contribution < -0.4 is 5.32 Å². The number of nitrogens with zero attached hydrogens (tertiary/aromatic N) is 2. The van der Waals surface area contributed by atoms with Crippen LogP contribution in [-0.2, 0) is 11.8 Å². The molecule has 2 N–H and O–H groups in total. The van der Waals surface area contributed by atoms with Crippen LogP contribution in [0.25, 0.3) is 17.0 Å². The van der Waals surface area contributed by atoms with Crippen molar-refractivity contribution in [3.63, 3.8) is 0 Å². The topological polar surface area (TPSA) is 66.6 Å². The number of fused-ring (bicyclic) bond motifs is 1. The number of thioether (sulfide) groups is 1. The van der Waals surface area contributed by atoms with Gasteiger partial charge in [0.15, 0.2) is 5.17 Å². The maximum Gasteiger partial charge on any atom is 0.264 e. The van der Waals surface area contributed by atoms with Gasteiger partial charge in [0, 0.05) is 29.7 Å². The molecular formula is C19H15N3O2S. The largest absolute Gasteiger partial charge is 0.508 e. The molecule has 0 bridgehead atoms. The van der Waals surface area contributed by atoms with E-state index in [1.807, 2.05) is 37.4 Å². The predicted octanol–water partition coefficient (Wildman–Crippen LogP) is 3.78. The van der Waals surface area contributed by atoms with E-state index in [1.165, 1.54) is 11.8 Å². The Labute approximate surface area is 148 Å². The van der Waals surface area contributed by atoms with Crippen molar-refractivity contribution in [2.75, 3.05) is 0 Å². The number of rotatable bonds is 2. The Morgan fingerprint density at radius 3 is 2.80 bits per heavy atom. The fourth-order valence-corrected chi connectivity index (χ4v) is 3.57. The fraction of sp³-hybridized carbons (Fsp3) is 0.0526. The summed E-state index contributed by atoms with van der Waals surface area (Å²) in [6.45, 7) is 0. The molecule has 0 saturated carbocycles. The van der Waals surface area contributed by atoms with Crippen molar-refractivity contribution in [1.29, 1.82) is 0 Å². The molecule has 0 radical (unpaired) electrons. The van der Waals surface area contributed by atoms with E-state index < -0.39 is 0 Å². The lowest BCUT2D eigenvalue weighted by Crippen LogP contribution is -2.19. The smallest absolute Gasteiger partial charge is 0.264 e. The molecule has 0 spiro atoms. The summed E-state index contributed by atoms with van der Waals surface area (Å²) in [4.78, 5) is 17.2. The third-order valence-electron chi connectivity index (χ3n) is 3.98. The summed E-state index contributed by atoms with van der Waals surface area (Å²) in [5.41, 5.74) is 2.66. The Kier molecular flexibility index (Phi) is 3.82. The first-order valence-corrected chi connectivity index (χ1v) is 8.55. The summed E-state index contributed by atoms with van der Waals surface area (Å²) in [7, 11) is 1.98. The van der Waals surface area contributed by atoms with Crippen LogP contribution in [-0.4, -0.2) is 20.7 Å². The molecule has 3 aromatic rings. The standard InChI is InChI=1S/C19H15N3O2S/c1-22-14(9-12-5-2-3-8-16(12)22)11-17-18(24)21-19(25-17)20-13-6-4-7-15(23)10-13/h2-11,23H,1H3,(H,20,21,24)/b17-11+. The second kappa shape index (κ2) is 6.14. The molecule has 0 aliphatic carbocycles. The second-order valence-corrected chi connectivity index (χ2v) is 6.72. The maximum atomic E-state index is 12.2. The fourth-order valence-electron chi connectivity index (χ4n) is 2.74. The van der Waals surface area contributed by atoms with Gasteiger partial charge < -0.3 is 15.0 Å². The van der Waals surface area contributed by atoms with Crippen LogP contribution in [0.4, 0.5) is 5.69 Å². The lowest BCUT2D eigenvalue weighted by molar-refractivity contribution is -0.115. The molecule has 1 aliphatic rings. The number of hydrogen-bond acceptors (Lipinski definition) is 4. The van der Waals surface area contributed by atoms with Crippen molar-refractivity contribution in [2.45, 2.75) is 0 Å². The van der Waals surface area contributed by atoms with E-state index >= 15 is 0 Å². The molecule has 6 heteroatoms. The van der Waals surface area contributed by atoms with E-state index in [0.717, 1.165) is 16.6 Å². The van der Waals surface area contributed by atoms with Crippen molar-refractivity contribution >= 4 is 45.5 Å². The second-order valence-electron chi connectivity index (χ2n) is 5.69. The van der Waals surface area contributed by atoms with Gasteiger partial charge in [-0.2, -0.15) is 0 Å². The molecule has 4 rings (SSSR count). The van der Waals surface area contributed by atoms with Gasteiger partial charge in [0.1, 0.15) is 5.75 Å². The number of aliphatic imine (C=N–C) groups is 1. The van der Waals surface area contributed by atoms with Crippen LogP contribution in [0.3, 0.4) is 0 Å². The summed E-state index contributed by atoms with van der Waals surface area (Å²) in [6.07, 6.45) is 1.87. The number of phenols is 1. The average Bonchev–Trinajstić information content (AvgIpc) is 3.09. The zero-order valence-corrected chi connectivity index (χ0v) is 14.2. The molecule has 2 heterocycles. The number of carbonyl (C=O) groups excluding carboxylic acids is 1. The van der Waals surface area contributed by atoms with Gasteiger partial charge in [-0.15, -0.1) is 0 Å². The molecule has 0 unspecified atom stereocenters. The highest BCUT2D eigenvalue weighted by Gasteiger charge is 2.24. The highest BCUT2D eigenvalue weighted by molar-refractivity contribution is 8.18. The van der Waals surface area contributed by atoms with E-state index in [-0.39, 0.29) is 11.7 Å². The van der Waals surface area contributed by atoms with Crippen molar-refractivity contribution in [3.05, 3.63) is 65.2 Å². The van der Waals surface area contributed by atoms with E-state index in [0.29, 0.717) is 15.8 Å². The third kappa shape index (κ3) is 3.04. The van der Waals surface area contributed by atoms with Crippen molar-refractivity contribution < 1.29 is 9.90 Å². The number of aryl methyl sites for hydroxylation is 1. The zero-order valence-electron chi connectivity index (χ0n) is 13.4. The molecule has 1 aromatic heterocycles. The molecule has 0 atom stereocenters. The Hall–Kier alpha value is -2.99. The van der Waals surface area contributed by atoms with Crippen LogP contribution in [0.5, 0.6) is 5.75 Å². The van der Waals surface area contributed by atoms with Crippen LogP contribution in [0.1, 0.15) is 5.69 Å². The number of phenolic OH excluding ortho intramolecular Hbond substituents is 1. The van der Waals surface area contributed by atoms with Crippen molar-refractivity contribution in [3.8, 4) is 5.75 Å². The molecule has 5 nitrogen and oxygen atoms in total. The quantitative estimate of drug-likeness (QED) is 0.692. The minimum Gasteiger partial charge on any atom is -0.508 e. The first kappa shape index (κ1) is 15.5. The highest BCUT2D eigenvalue weighted by atomic mass is 32.2. The first-order valence-electron chi connectivity index (χ1n) is 7.73. The predicted molar refractivity (Wildman–Crippen MR) is 102 cm³/mol. The number of amidine groups is 1. The average molecular weight is 349 g/mol. The van der Waals surface area contributed by atoms with Gasteiger partial charge in [0.05, 0.1) is 10.6 Å². The number of nitrogens with one attached hydrogen (secondary N) is 1. The summed E-state index contributed by atoms with van der Waals surface area (Å²) < 4.78 is 2.06. The number of benzene rings is 2. The molecule has 2 aromatic carbocycles. The van der Waals surface area contributed by atoms with Crippen molar-refractivity contribution in [2.24, 2.45) is 12.0 Å². The van der Waals surface area contributed by atoms with Gasteiger partial charge in [-0.05, 0) is 42.1 Å². The molecule has 124 valence electrons. The minimum atomic E-state index is -0.172. The van der Waals surface area contributed by atoms with E-state index in [2.05, 4.69) is 20.9 Å². The van der Waals surface area contributed by atoms with Crippen LogP contribution in [0.15, 0.2) is 64.5 Å². The number of carbonyl (C=O) groups is 1. The normalized spacial score (nSPS) is 17.6. The van der Waals surface area contributed by atoms with Gasteiger partial charge in [-0.3, -0.25) is 4.79 Å². The lowest BCUT2D eigenvalue weighted by atomic mass is 10.2. The lowest BCUT2D eigenvalue weighted by Gasteiger charge is -1.99. The van der Waals surface area contributed by atoms with Gasteiger partial charge in [0.25, 0.3) is 5.91 Å². The van der Waals surface area contributed by atoms with Gasteiger partial charge in [-0.1, -0.05) is 24.3 Å². The maximum absolute atomic E-state index is 12.2. The van der Waals surface area contributed by atoms with Crippen LogP contribution >= 0.6 is 11.8 Å². The number of hydrogen-bond donors (Lipinski definition) is 2. The first-order chi connectivity index (χ1) is 12.1. The SMILES string of the molecule is Cn1c(/C=C2/SC(=Nc3cccc(O)c3)NC2=O)cc2ccccc21. The van der Waals surface area contributed by atoms with E-state index in [4.69, 9.17) is 0 Å². The summed E-state index contributed by atoms with van der Waals surface area (Å²) >= 11 is 1.29. The highest BCUT2D eigenvalue weighted by Crippen LogP contribution is 2.30. The molecule has 25 heavy (non-hydrogen) atoms. The number of aromatic nitrogens is 1. The van der Waals surface area contributed by atoms with Crippen LogP contribution in [0.2, 0.25) is 0 Å². The number of amides is 1. The summed E-state index contributed by atoms with van der Waals surface area (Å²) in [5, 5.41) is 13.9. The Balaban J connectivity index is 1.65. The van der Waals surface area contributed by atoms with Crippen molar-refractivity contribution in [1.82, 2.24) is 9.88 Å². The Morgan fingerprint density at radius 2 is 2.00 bits per heavy atom. The zero-order chi connectivity index (χ0) is 17.4.